The van der Waals surface area contributed by atoms with Gasteiger partial charge in [0.2, 0.25) is 0 Å². The maximum atomic E-state index is 12.8. The fraction of sp³-hybridized carbons (Fsp3) is 0.859. The molecule has 0 aromatic rings. The standard InChI is InChI=1S/C64H118O6/c1-4-7-10-13-16-19-22-24-26-27-28-29-30-31-32-33-34-35-36-37-39-40-42-45-48-51-54-57-63(66)69-60-61(59-68-62(65)56-53-50-47-44-21-18-15-12-9-6-3)70-64(67)58-55-52-49-46-43-41-38-25-23-20-17-14-11-8-5-2/h12,15,22,24,27-28,61H,4-11,13-14,16-21,23,25-26,29-60H2,1-3H3/b15-12-,24-22-,28-27-. The highest BCUT2D eigenvalue weighted by atomic mass is 16.6. The molecule has 0 rings (SSSR count). The van der Waals surface area contributed by atoms with Crippen LogP contribution in [0.25, 0.3) is 0 Å². The van der Waals surface area contributed by atoms with Crippen molar-refractivity contribution in [3.63, 3.8) is 0 Å². The summed E-state index contributed by atoms with van der Waals surface area (Å²) < 4.78 is 16.9. The molecule has 1 atom stereocenters. The zero-order chi connectivity index (χ0) is 50.7. The zero-order valence-corrected chi connectivity index (χ0v) is 47.1. The Hall–Kier alpha value is -2.37. The molecular formula is C64H118O6. The van der Waals surface area contributed by atoms with Gasteiger partial charge >= 0.3 is 17.9 Å². The molecule has 0 N–H and O–H groups in total. The molecule has 0 saturated heterocycles. The van der Waals surface area contributed by atoms with Crippen molar-refractivity contribution >= 4 is 17.9 Å². The first-order valence-electron chi connectivity index (χ1n) is 31.0. The molecule has 0 bridgehead atoms. The Balaban J connectivity index is 4.14. The highest BCUT2D eigenvalue weighted by molar-refractivity contribution is 5.71. The van der Waals surface area contributed by atoms with E-state index in [1.165, 1.54) is 218 Å². The first kappa shape index (κ1) is 67.6. The van der Waals surface area contributed by atoms with E-state index in [4.69, 9.17) is 14.2 Å². The largest absolute Gasteiger partial charge is 0.462 e. The molecule has 0 radical (unpaired) electrons. The lowest BCUT2D eigenvalue weighted by Crippen LogP contribution is -2.30. The molecule has 6 heteroatoms. The summed E-state index contributed by atoms with van der Waals surface area (Å²) in [5.74, 6) is -0.862. The second kappa shape index (κ2) is 59.2. The van der Waals surface area contributed by atoms with Crippen molar-refractivity contribution in [2.75, 3.05) is 13.2 Å². The zero-order valence-electron chi connectivity index (χ0n) is 47.1. The smallest absolute Gasteiger partial charge is 0.306 e. The number of carbonyl (C=O) groups excluding carboxylic acids is 3. The summed E-state index contributed by atoms with van der Waals surface area (Å²) in [5.41, 5.74) is 0. The first-order chi connectivity index (χ1) is 34.5. The van der Waals surface area contributed by atoms with Crippen LogP contribution in [-0.2, 0) is 28.6 Å². The Morgan fingerprint density at radius 2 is 0.543 bits per heavy atom. The third-order valence-electron chi connectivity index (χ3n) is 13.8. The summed E-state index contributed by atoms with van der Waals surface area (Å²) in [7, 11) is 0. The van der Waals surface area contributed by atoms with Gasteiger partial charge in [-0.15, -0.1) is 0 Å². The van der Waals surface area contributed by atoms with Crippen molar-refractivity contribution in [2.45, 2.75) is 341 Å². The molecule has 0 aliphatic carbocycles. The summed E-state index contributed by atoms with van der Waals surface area (Å²) in [5, 5.41) is 0. The van der Waals surface area contributed by atoms with Gasteiger partial charge in [-0.1, -0.05) is 282 Å². The van der Waals surface area contributed by atoms with E-state index in [0.29, 0.717) is 19.3 Å². The second-order valence-corrected chi connectivity index (χ2v) is 21.0. The van der Waals surface area contributed by atoms with Crippen molar-refractivity contribution < 1.29 is 28.6 Å². The van der Waals surface area contributed by atoms with Crippen molar-refractivity contribution in [2.24, 2.45) is 0 Å². The number of esters is 3. The van der Waals surface area contributed by atoms with Crippen LogP contribution >= 0.6 is 0 Å². The van der Waals surface area contributed by atoms with Gasteiger partial charge in [0.25, 0.3) is 0 Å². The van der Waals surface area contributed by atoms with Crippen molar-refractivity contribution in [1.82, 2.24) is 0 Å². The summed E-state index contributed by atoms with van der Waals surface area (Å²) >= 11 is 0. The van der Waals surface area contributed by atoms with Gasteiger partial charge in [0.15, 0.2) is 6.10 Å². The van der Waals surface area contributed by atoms with Gasteiger partial charge in [-0.05, 0) is 70.6 Å². The van der Waals surface area contributed by atoms with E-state index >= 15 is 0 Å². The van der Waals surface area contributed by atoms with Crippen LogP contribution in [0.3, 0.4) is 0 Å². The normalized spacial score (nSPS) is 12.2. The third-order valence-corrected chi connectivity index (χ3v) is 13.8. The molecule has 6 nitrogen and oxygen atoms in total. The Morgan fingerprint density at radius 3 is 0.857 bits per heavy atom. The van der Waals surface area contributed by atoms with Gasteiger partial charge in [-0.25, -0.2) is 0 Å². The lowest BCUT2D eigenvalue weighted by atomic mass is 10.0. The Bertz CT molecular complexity index is 1170. The molecule has 0 aliphatic heterocycles. The maximum absolute atomic E-state index is 12.8. The average Bonchev–Trinajstić information content (AvgIpc) is 3.36. The SMILES string of the molecule is CCC/C=C\CCCCCCCC(=O)OCC(COC(=O)CCCCCCCCCCCCCCCCC/C=C\C/C=C\CCCCCCC)OC(=O)CCCCCCCCCCCCCCCCC. The van der Waals surface area contributed by atoms with E-state index in [0.717, 1.165) is 77.0 Å². The number of rotatable bonds is 57. The van der Waals surface area contributed by atoms with Gasteiger partial charge in [-0.3, -0.25) is 14.4 Å². The third kappa shape index (κ3) is 56.5. The number of carbonyl (C=O) groups is 3. The first-order valence-corrected chi connectivity index (χ1v) is 31.0. The molecule has 0 aromatic carbocycles. The Labute approximate surface area is 435 Å². The van der Waals surface area contributed by atoms with Gasteiger partial charge < -0.3 is 14.2 Å². The number of unbranched alkanes of at least 4 members (excludes halogenated alkanes) is 40. The van der Waals surface area contributed by atoms with E-state index < -0.39 is 6.10 Å². The minimum Gasteiger partial charge on any atom is -0.462 e. The summed E-state index contributed by atoms with van der Waals surface area (Å²) in [6, 6.07) is 0. The van der Waals surface area contributed by atoms with E-state index in [9.17, 15) is 14.4 Å². The van der Waals surface area contributed by atoms with Crippen LogP contribution in [0.4, 0.5) is 0 Å². The highest BCUT2D eigenvalue weighted by Gasteiger charge is 2.19. The van der Waals surface area contributed by atoms with Crippen LogP contribution < -0.4 is 0 Å². The molecule has 0 aromatic heterocycles. The number of ether oxygens (including phenoxy) is 3. The molecule has 0 fully saturated rings. The number of hydrogen-bond donors (Lipinski definition) is 0. The van der Waals surface area contributed by atoms with Crippen LogP contribution in [0.15, 0.2) is 36.5 Å². The summed E-state index contributed by atoms with van der Waals surface area (Å²) in [4.78, 5) is 38.1. The maximum Gasteiger partial charge on any atom is 0.306 e. The van der Waals surface area contributed by atoms with Crippen LogP contribution in [0.1, 0.15) is 335 Å². The van der Waals surface area contributed by atoms with Crippen molar-refractivity contribution in [3.05, 3.63) is 36.5 Å². The molecule has 0 amide bonds. The minimum atomic E-state index is -0.771. The van der Waals surface area contributed by atoms with Gasteiger partial charge in [-0.2, -0.15) is 0 Å². The molecule has 0 saturated carbocycles. The van der Waals surface area contributed by atoms with Crippen LogP contribution in [0.2, 0.25) is 0 Å². The van der Waals surface area contributed by atoms with Crippen LogP contribution in [-0.4, -0.2) is 37.2 Å². The van der Waals surface area contributed by atoms with Crippen LogP contribution in [0, 0.1) is 0 Å². The van der Waals surface area contributed by atoms with Gasteiger partial charge in [0.05, 0.1) is 0 Å². The van der Waals surface area contributed by atoms with Gasteiger partial charge in [0.1, 0.15) is 13.2 Å². The predicted molar refractivity (Wildman–Crippen MR) is 302 cm³/mol. The quantitative estimate of drug-likeness (QED) is 0.0261. The van der Waals surface area contributed by atoms with Crippen LogP contribution in [0.5, 0.6) is 0 Å². The van der Waals surface area contributed by atoms with E-state index in [1.807, 2.05) is 0 Å². The van der Waals surface area contributed by atoms with E-state index in [-0.39, 0.29) is 31.1 Å². The predicted octanol–water partition coefficient (Wildman–Crippen LogP) is 20.8. The van der Waals surface area contributed by atoms with Crippen molar-refractivity contribution in [1.29, 1.82) is 0 Å². The van der Waals surface area contributed by atoms with E-state index in [1.54, 1.807) is 0 Å². The number of hydrogen-bond acceptors (Lipinski definition) is 6. The minimum absolute atomic E-state index is 0.0704. The van der Waals surface area contributed by atoms with Crippen molar-refractivity contribution in [3.8, 4) is 0 Å². The second-order valence-electron chi connectivity index (χ2n) is 21.0. The topological polar surface area (TPSA) is 78.9 Å². The lowest BCUT2D eigenvalue weighted by Gasteiger charge is -2.18. The molecule has 0 spiro atoms. The molecular weight excluding hydrogens is 865 g/mol. The average molecular weight is 984 g/mol. The fourth-order valence-corrected chi connectivity index (χ4v) is 9.18. The molecule has 0 aliphatic rings. The van der Waals surface area contributed by atoms with E-state index in [2.05, 4.69) is 57.2 Å². The van der Waals surface area contributed by atoms with Gasteiger partial charge in [0, 0.05) is 19.3 Å². The fourth-order valence-electron chi connectivity index (χ4n) is 9.18. The lowest BCUT2D eigenvalue weighted by molar-refractivity contribution is -0.167. The molecule has 1 unspecified atom stereocenters. The summed E-state index contributed by atoms with van der Waals surface area (Å²) in [6.07, 6.45) is 71.6. The highest BCUT2D eigenvalue weighted by Crippen LogP contribution is 2.17. The summed E-state index contributed by atoms with van der Waals surface area (Å²) in [6.45, 7) is 6.61. The monoisotopic (exact) mass is 983 g/mol. The molecule has 0 heterocycles. The number of allylic oxidation sites excluding steroid dienone is 6. The Kier molecular flexibility index (Phi) is 57.2. The Morgan fingerprint density at radius 1 is 0.286 bits per heavy atom. The molecule has 410 valence electrons. The molecule has 70 heavy (non-hydrogen) atoms.